The Bertz CT molecular complexity index is 3100. The van der Waals surface area contributed by atoms with Crippen LogP contribution in [0.2, 0.25) is 0 Å². The van der Waals surface area contributed by atoms with E-state index in [9.17, 15) is 38.4 Å². The molecule has 2 aromatic heterocycles. The van der Waals surface area contributed by atoms with Gasteiger partial charge in [0.2, 0.25) is 0 Å². The van der Waals surface area contributed by atoms with Gasteiger partial charge in [0.25, 0.3) is 35.4 Å². The molecule has 0 saturated carbocycles. The number of nitrogens with zero attached hydrogens (tertiary/aromatic N) is 10. The van der Waals surface area contributed by atoms with E-state index in [1.807, 2.05) is 89.5 Å². The number of esters is 4. The fraction of sp³-hybridized carbons (Fsp3) is 0.611. The highest BCUT2D eigenvalue weighted by molar-refractivity contribution is 5.96. The molecular weight excluding hydrogens is 1230 g/mol. The van der Waals surface area contributed by atoms with E-state index >= 15 is 9.59 Å². The molecule has 0 N–H and O–H groups in total. The minimum Gasteiger partial charge on any atom is -0.451 e. The second kappa shape index (κ2) is 34.5. The van der Waals surface area contributed by atoms with Crippen LogP contribution in [0.3, 0.4) is 0 Å². The number of likely N-dealkylation sites (tertiary alicyclic amines) is 2. The van der Waals surface area contributed by atoms with E-state index in [2.05, 4.69) is 10.2 Å². The number of ether oxygens (including phenoxy) is 4. The molecule has 0 aliphatic carbocycles. The first-order chi connectivity index (χ1) is 45.5. The lowest BCUT2D eigenvalue weighted by Crippen LogP contribution is -2.55. The molecule has 0 unspecified atom stereocenters. The van der Waals surface area contributed by atoms with Crippen LogP contribution in [0.5, 0.6) is 0 Å². The highest BCUT2D eigenvalue weighted by atomic mass is 16.6. The van der Waals surface area contributed by atoms with Gasteiger partial charge < -0.3 is 48.3 Å². The van der Waals surface area contributed by atoms with Crippen LogP contribution < -0.4 is 0 Å². The Kier molecular flexibility index (Phi) is 26.9. The van der Waals surface area contributed by atoms with Gasteiger partial charge in [-0.15, -0.1) is 0 Å². The van der Waals surface area contributed by atoms with E-state index in [4.69, 9.17) is 18.9 Å². The van der Waals surface area contributed by atoms with Crippen LogP contribution in [0.1, 0.15) is 176 Å². The van der Waals surface area contributed by atoms with Crippen molar-refractivity contribution < 1.29 is 66.9 Å². The molecule has 3 fully saturated rings. The average molecular weight is 1330 g/mol. The summed E-state index contributed by atoms with van der Waals surface area (Å²) in [5, 5.41) is 8.90. The topological polar surface area (TPSA) is 263 Å². The van der Waals surface area contributed by atoms with Crippen molar-refractivity contribution in [1.82, 2.24) is 49.0 Å². The van der Waals surface area contributed by atoms with Crippen molar-refractivity contribution >= 4 is 59.3 Å². The van der Waals surface area contributed by atoms with Gasteiger partial charge in [-0.05, 0) is 124 Å². The molecule has 96 heavy (non-hydrogen) atoms. The quantitative estimate of drug-likeness (QED) is 0.0693. The summed E-state index contributed by atoms with van der Waals surface area (Å²) >= 11 is 0. The van der Waals surface area contributed by atoms with Crippen molar-refractivity contribution in [3.63, 3.8) is 0 Å². The zero-order valence-electron chi connectivity index (χ0n) is 58.8. The molecule has 524 valence electrons. The Morgan fingerprint density at radius 1 is 0.406 bits per heavy atom. The van der Waals surface area contributed by atoms with Crippen molar-refractivity contribution in [3.05, 3.63) is 107 Å². The fourth-order valence-corrected chi connectivity index (χ4v) is 12.5. The molecular formula is C72H102N10O14. The number of aromatic nitrogens is 4. The van der Waals surface area contributed by atoms with Crippen molar-refractivity contribution in [2.75, 3.05) is 54.4 Å². The summed E-state index contributed by atoms with van der Waals surface area (Å²) in [6.45, 7) is 20.9. The molecule has 0 spiro atoms. The Morgan fingerprint density at radius 2 is 0.677 bits per heavy atom. The number of likely N-dealkylation sites (N-methyl/N-ethyl adjacent to an activating group) is 4. The summed E-state index contributed by atoms with van der Waals surface area (Å²) < 4.78 is 27.8. The summed E-state index contributed by atoms with van der Waals surface area (Å²) in [5.41, 5.74) is 3.76. The second-order valence-corrected chi connectivity index (χ2v) is 28.0. The van der Waals surface area contributed by atoms with E-state index in [0.717, 1.165) is 69.3 Å². The molecule has 3 aliphatic rings. The summed E-state index contributed by atoms with van der Waals surface area (Å²) in [4.78, 5) is 153. The molecule has 24 heteroatoms. The van der Waals surface area contributed by atoms with E-state index in [0.29, 0.717) is 61.5 Å². The molecule has 0 bridgehead atoms. The molecule has 0 radical (unpaired) electrons. The van der Waals surface area contributed by atoms with E-state index in [1.54, 1.807) is 58.4 Å². The zero-order chi connectivity index (χ0) is 70.2. The summed E-state index contributed by atoms with van der Waals surface area (Å²) in [7, 11) is 5.52. The van der Waals surface area contributed by atoms with Gasteiger partial charge >= 0.3 is 23.9 Å². The maximum atomic E-state index is 15.2. The number of hydrogen-bond donors (Lipinski definition) is 0. The first-order valence-corrected chi connectivity index (χ1v) is 34.2. The van der Waals surface area contributed by atoms with Gasteiger partial charge in [-0.1, -0.05) is 104 Å². The molecule has 24 nitrogen and oxygen atoms in total. The normalized spacial score (nSPS) is 23.2. The lowest BCUT2D eigenvalue weighted by molar-refractivity contribution is -0.176. The standard InChI is InChI=1S/C72H102N10O14/c1-45(2)33-57-69(89)93-49(9)63(83)75(11)60(36-48(7)8)72(92)96-62(38-52-23-27-54(28-24-52)42-82-44-56(40-74-82)66(86)80-31-19-16-20-32-80)68(88)78(14)58(34-46(3)4)70(90)94-50(10)64(84)76(12)59(35-47(5)6)71(91)95-61(67(87)77(57)13)37-51-21-25-53(26-22-51)41-81-43-55(39-73-81)65(85)79-29-17-15-18-30-79/h21-28,39-40,43-50,57-62H,15-20,29-38,41-42H2,1-14H3/t49-,50-,57-,58-,59-,60-,61-,62-/m0/s1. The van der Waals surface area contributed by atoms with E-state index < -0.39 is 96.1 Å². The van der Waals surface area contributed by atoms with E-state index in [1.165, 1.54) is 42.0 Å². The third-order valence-electron chi connectivity index (χ3n) is 18.1. The fourth-order valence-electron chi connectivity index (χ4n) is 12.5. The molecule has 7 rings (SSSR count). The lowest BCUT2D eigenvalue weighted by atomic mass is 9.99. The number of amides is 6. The Morgan fingerprint density at radius 3 is 0.969 bits per heavy atom. The molecule has 2 aromatic carbocycles. The summed E-state index contributed by atoms with van der Waals surface area (Å²) in [6.07, 6.45) is 6.17. The number of benzene rings is 2. The first kappa shape index (κ1) is 74.9. The second-order valence-electron chi connectivity index (χ2n) is 28.0. The molecule has 3 aliphatic heterocycles. The van der Waals surface area contributed by atoms with Gasteiger partial charge in [-0.3, -0.25) is 38.1 Å². The summed E-state index contributed by atoms with van der Waals surface area (Å²) in [6, 6.07) is 9.09. The maximum Gasteiger partial charge on any atom is 0.329 e. The number of cyclic esters (lactones) is 4. The van der Waals surface area contributed by atoms with Crippen LogP contribution in [0.15, 0.2) is 73.3 Å². The molecule has 3 saturated heterocycles. The van der Waals surface area contributed by atoms with Crippen LogP contribution in [-0.4, -0.2) is 211 Å². The highest BCUT2D eigenvalue weighted by Crippen LogP contribution is 2.26. The Labute approximate surface area is 565 Å². The number of carbonyl (C=O) groups excluding carboxylic acids is 10. The number of hydrogen-bond acceptors (Lipinski definition) is 16. The molecule has 5 heterocycles. The van der Waals surface area contributed by atoms with Crippen LogP contribution in [-0.2, 0) is 83.2 Å². The van der Waals surface area contributed by atoms with Gasteiger partial charge in [-0.2, -0.15) is 10.2 Å². The SMILES string of the molecule is CC(C)C[C@H]1C(=O)O[C@@H](Cc2ccc(Cn3cc(C(=O)N4CCCCC4)cn3)cc2)C(=O)N(C)[C@@H](CC(C)C)C(=O)O[C@@H](C)C(=O)N(C)[C@@H](CC(C)C)C(=O)O[C@@H](Cc2ccc(Cn3cc(C(=O)N4CCCCC4)cn3)cc2)C(=O)N(C)[C@@H](CC(C)C)C(=O)O[C@@H](C)C(=O)N1C. The summed E-state index contributed by atoms with van der Waals surface area (Å²) in [5.74, 6) is -7.93. The van der Waals surface area contributed by atoms with Crippen molar-refractivity contribution in [2.45, 2.75) is 208 Å². The van der Waals surface area contributed by atoms with Crippen LogP contribution in [0, 0.1) is 23.7 Å². The first-order valence-electron chi connectivity index (χ1n) is 34.2. The number of rotatable bonds is 18. The predicted molar refractivity (Wildman–Crippen MR) is 357 cm³/mol. The van der Waals surface area contributed by atoms with Gasteiger partial charge in [-0.25, -0.2) is 19.2 Å². The van der Waals surface area contributed by atoms with Gasteiger partial charge in [0.15, 0.2) is 24.4 Å². The van der Waals surface area contributed by atoms with E-state index in [-0.39, 0.29) is 74.0 Å². The van der Waals surface area contributed by atoms with Gasteiger partial charge in [0.05, 0.1) is 36.6 Å². The Balaban J connectivity index is 1.20. The minimum atomic E-state index is -1.59. The third-order valence-corrected chi connectivity index (χ3v) is 18.1. The third kappa shape index (κ3) is 20.3. The van der Waals surface area contributed by atoms with Crippen LogP contribution >= 0.6 is 0 Å². The van der Waals surface area contributed by atoms with Crippen LogP contribution in [0.25, 0.3) is 0 Å². The predicted octanol–water partition coefficient (Wildman–Crippen LogP) is 7.41. The number of carbonyl (C=O) groups is 10. The molecule has 8 atom stereocenters. The smallest absolute Gasteiger partial charge is 0.329 e. The van der Waals surface area contributed by atoms with Crippen molar-refractivity contribution in [3.8, 4) is 0 Å². The maximum absolute atomic E-state index is 15.2. The minimum absolute atomic E-state index is 0.0506. The lowest BCUT2D eigenvalue weighted by Gasteiger charge is -2.35. The van der Waals surface area contributed by atoms with Crippen molar-refractivity contribution in [2.24, 2.45) is 23.7 Å². The largest absolute Gasteiger partial charge is 0.451 e. The number of piperidine rings is 2. The van der Waals surface area contributed by atoms with Crippen LogP contribution in [0.4, 0.5) is 0 Å². The average Bonchev–Trinajstić information content (AvgIpc) is 1.09. The monoisotopic (exact) mass is 1330 g/mol. The highest BCUT2D eigenvalue weighted by Gasteiger charge is 2.43. The molecule has 6 amide bonds. The molecule has 4 aromatic rings. The van der Waals surface area contributed by atoms with Gasteiger partial charge in [0.1, 0.15) is 24.2 Å². The zero-order valence-corrected chi connectivity index (χ0v) is 58.8. The van der Waals surface area contributed by atoms with Crippen molar-refractivity contribution in [1.29, 1.82) is 0 Å². The van der Waals surface area contributed by atoms with Gasteiger partial charge in [0, 0.05) is 79.6 Å². The Hall–Kier alpha value is -8.44.